The molecule has 1 atom stereocenters. The predicted octanol–water partition coefficient (Wildman–Crippen LogP) is 5.83. The molecule has 1 aliphatic carbocycles. The lowest BCUT2D eigenvalue weighted by atomic mass is 9.72. The van der Waals surface area contributed by atoms with Crippen LogP contribution in [0.2, 0.25) is 0 Å². The van der Waals surface area contributed by atoms with Gasteiger partial charge in [0.25, 0.3) is 0 Å². The Morgan fingerprint density at radius 2 is 1.74 bits per heavy atom. The predicted molar refractivity (Wildman–Crippen MR) is 137 cm³/mol. The summed E-state index contributed by atoms with van der Waals surface area (Å²) >= 11 is 0. The van der Waals surface area contributed by atoms with Gasteiger partial charge in [0.2, 0.25) is 0 Å². The number of hydrogen-bond acceptors (Lipinski definition) is 4. The Hall–Kier alpha value is -2.44. The molecule has 1 saturated carbocycles. The summed E-state index contributed by atoms with van der Waals surface area (Å²) in [5.74, 6) is -0.248. The summed E-state index contributed by atoms with van der Waals surface area (Å²) in [7, 11) is 0. The Labute approximate surface area is 208 Å². The second kappa shape index (κ2) is 12.0. The average Bonchev–Trinajstić information content (AvgIpc) is 2.88. The topological polar surface area (TPSA) is 53.0 Å². The van der Waals surface area contributed by atoms with E-state index in [1.165, 1.54) is 12.5 Å². The molecule has 2 fully saturated rings. The maximum Gasteiger partial charge on any atom is 0.409 e. The molecule has 5 nitrogen and oxygen atoms in total. The van der Waals surface area contributed by atoms with Crippen LogP contribution in [0.5, 0.6) is 0 Å². The first-order valence-corrected chi connectivity index (χ1v) is 13.2. The van der Waals surface area contributed by atoms with Crippen molar-refractivity contribution in [2.24, 2.45) is 0 Å². The molecular formula is C29H39FN2O3. The van der Waals surface area contributed by atoms with Gasteiger partial charge < -0.3 is 14.7 Å². The molecule has 0 radical (unpaired) electrons. The second-order valence-corrected chi connectivity index (χ2v) is 10.1. The molecule has 2 aliphatic rings. The zero-order valence-corrected chi connectivity index (χ0v) is 20.9. The summed E-state index contributed by atoms with van der Waals surface area (Å²) in [6.45, 7) is 6.17. The number of carbonyl (C=O) groups is 1. The summed E-state index contributed by atoms with van der Waals surface area (Å²) in [6, 6.07) is 14.9. The van der Waals surface area contributed by atoms with Gasteiger partial charge in [-0.25, -0.2) is 9.18 Å². The minimum absolute atomic E-state index is 0.00702. The largest absolute Gasteiger partial charge is 0.449 e. The van der Waals surface area contributed by atoms with Crippen LogP contribution in [0.1, 0.15) is 63.4 Å². The Kier molecular flexibility index (Phi) is 8.79. The van der Waals surface area contributed by atoms with Crippen molar-refractivity contribution in [3.63, 3.8) is 0 Å². The number of nitrogens with zero attached hydrogens (tertiary/aromatic N) is 2. The van der Waals surface area contributed by atoms with Crippen molar-refractivity contribution >= 4 is 6.09 Å². The van der Waals surface area contributed by atoms with Crippen LogP contribution >= 0.6 is 0 Å². The first-order chi connectivity index (χ1) is 17.0. The Bertz CT molecular complexity index is 951. The molecule has 6 heteroatoms. The van der Waals surface area contributed by atoms with Crippen LogP contribution in [0.25, 0.3) is 11.1 Å². The van der Waals surface area contributed by atoms with Crippen molar-refractivity contribution in [1.82, 2.24) is 9.80 Å². The van der Waals surface area contributed by atoms with Crippen LogP contribution in [-0.2, 0) is 4.74 Å². The number of hydrogen-bond donors (Lipinski definition) is 1. The van der Waals surface area contributed by atoms with E-state index >= 15 is 0 Å². The van der Waals surface area contributed by atoms with Crippen LogP contribution in [0.3, 0.4) is 0 Å². The van der Waals surface area contributed by atoms with E-state index in [1.807, 2.05) is 18.2 Å². The quantitative estimate of drug-likeness (QED) is 0.481. The Balaban J connectivity index is 1.45. The summed E-state index contributed by atoms with van der Waals surface area (Å²) in [6.07, 6.45) is 6.58. The fourth-order valence-corrected chi connectivity index (χ4v) is 5.44. The molecule has 0 bridgehead atoms. The highest BCUT2D eigenvalue weighted by atomic mass is 19.1. The molecule has 1 heterocycles. The maximum atomic E-state index is 13.7. The SMILES string of the molecule is CCCCOC(=O)N1CCN(CC(c2ccc(-c3cccc(F)c3)cc2)C2(O)CCCCC2)CC1. The average molecular weight is 483 g/mol. The van der Waals surface area contributed by atoms with Gasteiger partial charge in [0.15, 0.2) is 0 Å². The van der Waals surface area contributed by atoms with Crippen molar-refractivity contribution in [2.45, 2.75) is 63.4 Å². The van der Waals surface area contributed by atoms with E-state index in [0.717, 1.165) is 74.8 Å². The van der Waals surface area contributed by atoms with Gasteiger partial charge in [-0.05, 0) is 48.1 Å². The number of unbranched alkanes of at least 4 members (excludes halogenated alkanes) is 1. The number of piperazine rings is 1. The monoisotopic (exact) mass is 482 g/mol. The molecular weight excluding hydrogens is 443 g/mol. The van der Waals surface area contributed by atoms with Gasteiger partial charge in [-0.3, -0.25) is 4.90 Å². The number of halogens is 1. The van der Waals surface area contributed by atoms with Crippen LogP contribution in [0.4, 0.5) is 9.18 Å². The zero-order valence-electron chi connectivity index (χ0n) is 20.9. The van der Waals surface area contributed by atoms with Crippen LogP contribution in [0, 0.1) is 5.82 Å². The van der Waals surface area contributed by atoms with Crippen molar-refractivity contribution in [1.29, 1.82) is 0 Å². The van der Waals surface area contributed by atoms with E-state index in [2.05, 4.69) is 24.0 Å². The van der Waals surface area contributed by atoms with Gasteiger partial charge in [-0.1, -0.05) is 69.0 Å². The molecule has 35 heavy (non-hydrogen) atoms. The van der Waals surface area contributed by atoms with Gasteiger partial charge in [0.05, 0.1) is 12.2 Å². The summed E-state index contributed by atoms with van der Waals surface area (Å²) in [4.78, 5) is 16.5. The first kappa shape index (κ1) is 25.6. The van der Waals surface area contributed by atoms with Crippen LogP contribution in [-0.4, -0.2) is 65.9 Å². The fourth-order valence-electron chi connectivity index (χ4n) is 5.44. The van der Waals surface area contributed by atoms with E-state index in [1.54, 1.807) is 17.0 Å². The van der Waals surface area contributed by atoms with Gasteiger partial charge in [-0.2, -0.15) is 0 Å². The molecule has 2 aromatic carbocycles. The number of amides is 1. The number of aliphatic hydroxyl groups is 1. The molecule has 0 aromatic heterocycles. The standard InChI is InChI=1S/C29H39FN2O3/c1-2-3-20-35-28(33)32-18-16-31(17-19-32)22-27(29(34)14-5-4-6-15-29)24-12-10-23(11-13-24)25-8-7-9-26(30)21-25/h7-13,21,27,34H,2-6,14-20,22H2,1H3. The lowest BCUT2D eigenvalue weighted by molar-refractivity contribution is -0.0342. The molecule has 1 saturated heterocycles. The number of rotatable bonds is 8. The molecule has 1 amide bonds. The van der Waals surface area contributed by atoms with E-state index in [9.17, 15) is 14.3 Å². The summed E-state index contributed by atoms with van der Waals surface area (Å²) in [5.41, 5.74) is 2.22. The van der Waals surface area contributed by atoms with Crippen molar-refractivity contribution in [2.75, 3.05) is 39.3 Å². The smallest absolute Gasteiger partial charge is 0.409 e. The first-order valence-electron chi connectivity index (χ1n) is 13.2. The minimum atomic E-state index is -0.727. The fraction of sp³-hybridized carbons (Fsp3) is 0.552. The van der Waals surface area contributed by atoms with Crippen LogP contribution in [0.15, 0.2) is 48.5 Å². The Morgan fingerprint density at radius 1 is 1.03 bits per heavy atom. The lowest BCUT2D eigenvalue weighted by Gasteiger charge is -2.43. The third kappa shape index (κ3) is 6.62. The highest BCUT2D eigenvalue weighted by Gasteiger charge is 2.40. The lowest BCUT2D eigenvalue weighted by Crippen LogP contribution is -2.52. The van der Waals surface area contributed by atoms with Gasteiger partial charge in [-0.15, -0.1) is 0 Å². The highest BCUT2D eigenvalue weighted by molar-refractivity contribution is 5.67. The van der Waals surface area contributed by atoms with Crippen molar-refractivity contribution in [3.8, 4) is 11.1 Å². The summed E-state index contributed by atoms with van der Waals surface area (Å²) in [5, 5.41) is 11.7. The van der Waals surface area contributed by atoms with Gasteiger partial charge in [0.1, 0.15) is 5.82 Å². The van der Waals surface area contributed by atoms with Crippen LogP contribution < -0.4 is 0 Å². The molecule has 2 aromatic rings. The molecule has 1 unspecified atom stereocenters. The van der Waals surface area contributed by atoms with E-state index < -0.39 is 5.60 Å². The van der Waals surface area contributed by atoms with E-state index in [0.29, 0.717) is 19.7 Å². The minimum Gasteiger partial charge on any atom is -0.449 e. The third-order valence-corrected chi connectivity index (χ3v) is 7.63. The van der Waals surface area contributed by atoms with Gasteiger partial charge >= 0.3 is 6.09 Å². The highest BCUT2D eigenvalue weighted by Crippen LogP contribution is 2.41. The van der Waals surface area contributed by atoms with Gasteiger partial charge in [0, 0.05) is 38.6 Å². The normalized spacial score (nSPS) is 19.3. The van der Waals surface area contributed by atoms with Crippen molar-refractivity contribution < 1.29 is 19.0 Å². The molecule has 1 aliphatic heterocycles. The van der Waals surface area contributed by atoms with Crippen molar-refractivity contribution in [3.05, 3.63) is 59.9 Å². The summed E-state index contributed by atoms with van der Waals surface area (Å²) < 4.78 is 19.1. The zero-order chi connectivity index (χ0) is 24.7. The Morgan fingerprint density at radius 3 is 2.40 bits per heavy atom. The number of carbonyl (C=O) groups excluding carboxylic acids is 1. The maximum absolute atomic E-state index is 13.7. The molecule has 0 spiro atoms. The molecule has 190 valence electrons. The van der Waals surface area contributed by atoms with E-state index in [4.69, 9.17) is 4.74 Å². The second-order valence-electron chi connectivity index (χ2n) is 10.1. The van der Waals surface area contributed by atoms with E-state index in [-0.39, 0.29) is 17.8 Å². The third-order valence-electron chi connectivity index (χ3n) is 7.63. The number of benzene rings is 2. The molecule has 4 rings (SSSR count). The number of ether oxygens (including phenoxy) is 1. The molecule has 1 N–H and O–H groups in total.